The lowest BCUT2D eigenvalue weighted by Crippen LogP contribution is -2.53. The molecule has 9 heteroatoms. The van der Waals surface area contributed by atoms with Crippen LogP contribution in [0.3, 0.4) is 0 Å². The summed E-state index contributed by atoms with van der Waals surface area (Å²) in [5.74, 6) is -3.03. The van der Waals surface area contributed by atoms with E-state index in [1.807, 2.05) is 0 Å². The van der Waals surface area contributed by atoms with Gasteiger partial charge in [0, 0.05) is 26.2 Å². The fourth-order valence-electron chi connectivity index (χ4n) is 2.13. The smallest absolute Gasteiger partial charge is 0.311 e. The van der Waals surface area contributed by atoms with Gasteiger partial charge in [0.25, 0.3) is 5.91 Å². The first-order valence-electron chi connectivity index (χ1n) is 6.33. The summed E-state index contributed by atoms with van der Waals surface area (Å²) in [7, 11) is 0. The van der Waals surface area contributed by atoms with E-state index < -0.39 is 23.5 Å². The average Bonchev–Trinajstić information content (AvgIpc) is 2.49. The van der Waals surface area contributed by atoms with Crippen LogP contribution >= 0.6 is 23.2 Å². The van der Waals surface area contributed by atoms with Crippen molar-refractivity contribution in [2.45, 2.75) is 0 Å². The molecule has 0 radical (unpaired) electrons. The zero-order valence-corrected chi connectivity index (χ0v) is 12.8. The van der Waals surface area contributed by atoms with Crippen LogP contribution in [0.5, 0.6) is 0 Å². The summed E-state index contributed by atoms with van der Waals surface area (Å²) < 4.78 is 13.5. The minimum Gasteiger partial charge on any atom is -0.361 e. The highest BCUT2D eigenvalue weighted by Crippen LogP contribution is 2.25. The monoisotopic (exact) mass is 347 g/mol. The summed E-state index contributed by atoms with van der Waals surface area (Å²) in [6.45, 7) is 0.721. The minimum absolute atomic E-state index is 0.00163. The fourth-order valence-corrected chi connectivity index (χ4v) is 2.59. The zero-order valence-electron chi connectivity index (χ0n) is 11.3. The number of rotatable bonds is 1. The Kier molecular flexibility index (Phi) is 4.87. The van der Waals surface area contributed by atoms with Gasteiger partial charge in [-0.3, -0.25) is 14.4 Å². The first kappa shape index (κ1) is 16.5. The third-order valence-electron chi connectivity index (χ3n) is 3.31. The van der Waals surface area contributed by atoms with Crippen molar-refractivity contribution in [3.8, 4) is 0 Å². The molecule has 22 heavy (non-hydrogen) atoms. The molecule has 2 rings (SSSR count). The van der Waals surface area contributed by atoms with Crippen molar-refractivity contribution in [3.05, 3.63) is 33.6 Å². The van der Waals surface area contributed by atoms with Gasteiger partial charge in [-0.2, -0.15) is 0 Å². The molecule has 0 unspecified atom stereocenters. The first-order valence-corrected chi connectivity index (χ1v) is 7.09. The highest BCUT2D eigenvalue weighted by Gasteiger charge is 2.28. The van der Waals surface area contributed by atoms with Crippen LogP contribution in [0.1, 0.15) is 10.4 Å². The second kappa shape index (κ2) is 6.50. The third-order valence-corrected chi connectivity index (χ3v) is 3.91. The van der Waals surface area contributed by atoms with Crippen molar-refractivity contribution in [1.29, 1.82) is 0 Å². The van der Waals surface area contributed by atoms with Crippen LogP contribution < -0.4 is 5.73 Å². The molecule has 1 aromatic carbocycles. The molecule has 6 nitrogen and oxygen atoms in total. The van der Waals surface area contributed by atoms with E-state index in [1.54, 1.807) is 0 Å². The summed E-state index contributed by atoms with van der Waals surface area (Å²) in [6, 6.07) is 2.15. The topological polar surface area (TPSA) is 83.7 Å². The van der Waals surface area contributed by atoms with Gasteiger partial charge < -0.3 is 15.5 Å². The molecule has 1 aromatic rings. The molecule has 0 saturated carbocycles. The zero-order chi connectivity index (χ0) is 16.4. The van der Waals surface area contributed by atoms with E-state index >= 15 is 0 Å². The lowest BCUT2D eigenvalue weighted by atomic mass is 10.1. The lowest BCUT2D eigenvalue weighted by Gasteiger charge is -2.34. The second-order valence-electron chi connectivity index (χ2n) is 4.69. The summed E-state index contributed by atoms with van der Waals surface area (Å²) in [5.41, 5.74) is 4.92. The molecular weight excluding hydrogens is 336 g/mol. The predicted octanol–water partition coefficient (Wildman–Crippen LogP) is 0.902. The molecule has 0 bridgehead atoms. The van der Waals surface area contributed by atoms with Crippen LogP contribution in [0.15, 0.2) is 12.1 Å². The molecule has 1 fully saturated rings. The Morgan fingerprint density at radius 3 is 2.09 bits per heavy atom. The maximum atomic E-state index is 13.5. The van der Waals surface area contributed by atoms with Gasteiger partial charge in [0.15, 0.2) is 0 Å². The maximum Gasteiger partial charge on any atom is 0.311 e. The van der Waals surface area contributed by atoms with Crippen molar-refractivity contribution >= 4 is 40.9 Å². The molecule has 2 N–H and O–H groups in total. The minimum atomic E-state index is -1.04. The van der Waals surface area contributed by atoms with E-state index in [0.717, 1.165) is 6.07 Å². The predicted molar refractivity (Wildman–Crippen MR) is 78.1 cm³/mol. The Bertz CT molecular complexity index is 646. The molecule has 1 saturated heterocycles. The number of piperazine rings is 1. The van der Waals surface area contributed by atoms with E-state index in [0.29, 0.717) is 0 Å². The number of benzene rings is 1. The van der Waals surface area contributed by atoms with E-state index in [1.165, 1.54) is 15.9 Å². The van der Waals surface area contributed by atoms with Crippen LogP contribution in [0.2, 0.25) is 10.0 Å². The van der Waals surface area contributed by atoms with Crippen molar-refractivity contribution in [1.82, 2.24) is 9.80 Å². The molecule has 0 spiro atoms. The van der Waals surface area contributed by atoms with Gasteiger partial charge >= 0.3 is 11.8 Å². The van der Waals surface area contributed by atoms with Gasteiger partial charge in [-0.05, 0) is 12.1 Å². The number of carbonyl (C=O) groups is 3. The second-order valence-corrected chi connectivity index (χ2v) is 5.51. The van der Waals surface area contributed by atoms with E-state index in [-0.39, 0.29) is 41.8 Å². The Hall–Kier alpha value is -1.86. The standard InChI is InChI=1S/C13H12Cl2FN3O3/c14-8-6-9(15)10(16)5-7(8)12(21)18-1-3-19(4-2-18)13(22)11(17)20/h5-6H,1-4H2,(H2,17,20). The molecule has 0 aromatic heterocycles. The average molecular weight is 348 g/mol. The van der Waals surface area contributed by atoms with Crippen LogP contribution in [0, 0.1) is 5.82 Å². The number of halogens is 3. The van der Waals surface area contributed by atoms with Gasteiger partial charge in [-0.25, -0.2) is 4.39 Å². The number of amides is 3. The number of hydrogen-bond acceptors (Lipinski definition) is 3. The van der Waals surface area contributed by atoms with Crippen molar-refractivity contribution in [2.75, 3.05) is 26.2 Å². The van der Waals surface area contributed by atoms with Crippen molar-refractivity contribution in [3.63, 3.8) is 0 Å². The number of hydrogen-bond donors (Lipinski definition) is 1. The van der Waals surface area contributed by atoms with Crippen LogP contribution in [0.25, 0.3) is 0 Å². The van der Waals surface area contributed by atoms with Gasteiger partial charge in [-0.15, -0.1) is 0 Å². The normalized spacial score (nSPS) is 14.9. The molecular formula is C13H12Cl2FN3O3. The number of nitrogens with zero attached hydrogens (tertiary/aromatic N) is 2. The highest BCUT2D eigenvalue weighted by molar-refractivity contribution is 6.37. The van der Waals surface area contributed by atoms with Gasteiger partial charge in [-0.1, -0.05) is 23.2 Å². The van der Waals surface area contributed by atoms with E-state index in [4.69, 9.17) is 28.9 Å². The Balaban J connectivity index is 2.09. The molecule has 118 valence electrons. The number of carbonyl (C=O) groups excluding carboxylic acids is 3. The third kappa shape index (κ3) is 3.31. The maximum absolute atomic E-state index is 13.5. The number of primary amides is 1. The molecule has 3 amide bonds. The molecule has 0 aliphatic carbocycles. The summed E-state index contributed by atoms with van der Waals surface area (Å²) in [4.78, 5) is 37.3. The quantitative estimate of drug-likeness (QED) is 0.605. The Morgan fingerprint density at radius 2 is 1.55 bits per heavy atom. The molecule has 1 aliphatic rings. The largest absolute Gasteiger partial charge is 0.361 e. The van der Waals surface area contributed by atoms with Crippen molar-refractivity contribution < 1.29 is 18.8 Å². The summed E-state index contributed by atoms with van der Waals surface area (Å²) in [5, 5.41) is -0.120. The van der Waals surface area contributed by atoms with Gasteiger partial charge in [0.1, 0.15) is 5.82 Å². The Morgan fingerprint density at radius 1 is 1.00 bits per heavy atom. The lowest BCUT2D eigenvalue weighted by molar-refractivity contribution is -0.145. The van der Waals surface area contributed by atoms with E-state index in [9.17, 15) is 18.8 Å². The molecule has 0 atom stereocenters. The van der Waals surface area contributed by atoms with Crippen LogP contribution in [0.4, 0.5) is 4.39 Å². The van der Waals surface area contributed by atoms with Crippen LogP contribution in [-0.4, -0.2) is 53.7 Å². The highest BCUT2D eigenvalue weighted by atomic mass is 35.5. The van der Waals surface area contributed by atoms with Crippen LogP contribution in [-0.2, 0) is 9.59 Å². The van der Waals surface area contributed by atoms with Gasteiger partial charge in [0.05, 0.1) is 15.6 Å². The SMILES string of the molecule is NC(=O)C(=O)N1CCN(C(=O)c2cc(F)c(Cl)cc2Cl)CC1. The fraction of sp³-hybridized carbons (Fsp3) is 0.308. The van der Waals surface area contributed by atoms with Crippen molar-refractivity contribution in [2.24, 2.45) is 5.73 Å². The summed E-state index contributed by atoms with van der Waals surface area (Å²) >= 11 is 11.5. The van der Waals surface area contributed by atoms with Gasteiger partial charge in [0.2, 0.25) is 0 Å². The first-order chi connectivity index (χ1) is 10.3. The number of nitrogens with two attached hydrogens (primary N) is 1. The van der Waals surface area contributed by atoms with E-state index in [2.05, 4.69) is 0 Å². The summed E-state index contributed by atoms with van der Waals surface area (Å²) in [6.07, 6.45) is 0. The molecule has 1 heterocycles. The molecule has 1 aliphatic heterocycles. The Labute approximate surface area is 135 Å².